The monoisotopic (exact) mass is 301 g/mol. The number of carboxylic acids is 1. The number of carboxylic acid groups (broad SMARTS) is 1. The van der Waals surface area contributed by atoms with Gasteiger partial charge in [0, 0.05) is 6.07 Å². The van der Waals surface area contributed by atoms with Crippen LogP contribution in [0.15, 0.2) is 6.07 Å². The lowest BCUT2D eigenvalue weighted by molar-refractivity contribution is -0.275. The van der Waals surface area contributed by atoms with Crippen LogP contribution in [0.5, 0.6) is 11.5 Å². The molecule has 0 fully saturated rings. The van der Waals surface area contributed by atoms with Gasteiger partial charge in [-0.25, -0.2) is 13.8 Å². The maximum Gasteiger partial charge on any atom is 0.573 e. The predicted molar refractivity (Wildman–Crippen MR) is 53.8 cm³/mol. The van der Waals surface area contributed by atoms with Gasteiger partial charge in [0.15, 0.2) is 17.2 Å². The van der Waals surface area contributed by atoms with Crippen molar-refractivity contribution in [3.05, 3.63) is 17.5 Å². The molecule has 0 aliphatic carbocycles. The molecule has 10 heteroatoms. The molecule has 5 nitrogen and oxygen atoms in total. The molecule has 0 aromatic carbocycles. The highest BCUT2D eigenvalue weighted by atomic mass is 19.4. The number of aliphatic carboxylic acids is 1. The summed E-state index contributed by atoms with van der Waals surface area (Å²) in [5, 5.41) is 8.52. The van der Waals surface area contributed by atoms with Crippen LogP contribution in [0, 0.1) is 0 Å². The molecule has 1 N–H and O–H groups in total. The Labute approximate surface area is 108 Å². The fourth-order valence-corrected chi connectivity index (χ4v) is 1.38. The molecule has 0 atom stereocenters. The molecule has 1 rings (SSSR count). The van der Waals surface area contributed by atoms with E-state index < -0.39 is 48.1 Å². The molecule has 0 saturated heterocycles. The maximum atomic E-state index is 12.7. The minimum absolute atomic E-state index is 0.507. The van der Waals surface area contributed by atoms with E-state index in [1.54, 1.807) is 0 Å². The zero-order chi connectivity index (χ0) is 15.5. The molecule has 20 heavy (non-hydrogen) atoms. The summed E-state index contributed by atoms with van der Waals surface area (Å²) < 4.78 is 70.0. The fourth-order valence-electron chi connectivity index (χ4n) is 1.38. The third kappa shape index (κ3) is 4.21. The quantitative estimate of drug-likeness (QED) is 0.846. The van der Waals surface area contributed by atoms with E-state index in [9.17, 15) is 26.7 Å². The molecule has 0 aliphatic rings. The summed E-state index contributed by atoms with van der Waals surface area (Å²) in [6.07, 6.45) is -9.24. The number of ether oxygens (including phenoxy) is 2. The summed E-state index contributed by atoms with van der Waals surface area (Å²) in [4.78, 5) is 13.7. The Morgan fingerprint density at radius 1 is 1.45 bits per heavy atom. The van der Waals surface area contributed by atoms with E-state index in [2.05, 4.69) is 14.5 Å². The number of halogens is 5. The molecule has 1 heterocycles. The van der Waals surface area contributed by atoms with Crippen molar-refractivity contribution < 1.29 is 41.3 Å². The molecule has 0 spiro atoms. The van der Waals surface area contributed by atoms with Gasteiger partial charge in [0.05, 0.1) is 19.2 Å². The van der Waals surface area contributed by atoms with Gasteiger partial charge < -0.3 is 14.6 Å². The van der Waals surface area contributed by atoms with E-state index in [4.69, 9.17) is 5.11 Å². The first-order valence-electron chi connectivity index (χ1n) is 4.97. The zero-order valence-electron chi connectivity index (χ0n) is 9.87. The molecule has 1 aromatic rings. The van der Waals surface area contributed by atoms with Crippen LogP contribution in [0.4, 0.5) is 22.0 Å². The van der Waals surface area contributed by atoms with Gasteiger partial charge in [-0.2, -0.15) is 0 Å². The molecule has 0 radical (unpaired) electrons. The van der Waals surface area contributed by atoms with Crippen LogP contribution >= 0.6 is 0 Å². The van der Waals surface area contributed by atoms with Crippen molar-refractivity contribution in [1.29, 1.82) is 0 Å². The van der Waals surface area contributed by atoms with Crippen molar-refractivity contribution in [2.45, 2.75) is 19.2 Å². The molecule has 0 saturated carbocycles. The van der Waals surface area contributed by atoms with Gasteiger partial charge in [-0.3, -0.25) is 4.79 Å². The summed E-state index contributed by atoms with van der Waals surface area (Å²) in [5.74, 6) is -3.41. The summed E-state index contributed by atoms with van der Waals surface area (Å²) in [6, 6.07) is 0.590. The zero-order valence-corrected chi connectivity index (χ0v) is 9.87. The standard InChI is InChI=1S/C10H8F5NO4/c1-19-8-5(20-10(13,14)15)2-4(3-6(17)18)16-7(8)9(11)12/h2,9H,3H2,1H3,(H,17,18). The van der Waals surface area contributed by atoms with Crippen molar-refractivity contribution in [3.63, 3.8) is 0 Å². The number of methoxy groups -OCH3 is 1. The number of alkyl halides is 5. The Hall–Kier alpha value is -2.13. The minimum Gasteiger partial charge on any atom is -0.491 e. The Bertz CT molecular complexity index is 503. The highest BCUT2D eigenvalue weighted by Gasteiger charge is 2.34. The van der Waals surface area contributed by atoms with Crippen LogP contribution in [0.1, 0.15) is 17.8 Å². The van der Waals surface area contributed by atoms with E-state index in [0.29, 0.717) is 6.07 Å². The van der Waals surface area contributed by atoms with Gasteiger partial charge in [-0.1, -0.05) is 0 Å². The van der Waals surface area contributed by atoms with E-state index in [0.717, 1.165) is 7.11 Å². The molecule has 0 aliphatic heterocycles. The minimum atomic E-state index is -5.14. The first-order chi connectivity index (χ1) is 9.14. The molecule has 1 aromatic heterocycles. The highest BCUT2D eigenvalue weighted by Crippen LogP contribution is 2.38. The van der Waals surface area contributed by atoms with Gasteiger partial charge in [0.1, 0.15) is 0 Å². The summed E-state index contributed by atoms with van der Waals surface area (Å²) >= 11 is 0. The van der Waals surface area contributed by atoms with Crippen LogP contribution in [-0.2, 0) is 11.2 Å². The van der Waals surface area contributed by atoms with E-state index in [1.165, 1.54) is 0 Å². The molecular formula is C10H8F5NO4. The first kappa shape index (κ1) is 15.9. The summed E-state index contributed by atoms with van der Waals surface area (Å²) in [5.41, 5.74) is -1.63. The van der Waals surface area contributed by atoms with Gasteiger partial charge in [0.2, 0.25) is 0 Å². The number of aromatic nitrogens is 1. The highest BCUT2D eigenvalue weighted by molar-refractivity contribution is 5.70. The largest absolute Gasteiger partial charge is 0.573 e. The average Bonchev–Trinajstić information content (AvgIpc) is 2.25. The van der Waals surface area contributed by atoms with Crippen molar-refractivity contribution in [1.82, 2.24) is 4.98 Å². The number of pyridine rings is 1. The molecule has 0 amide bonds. The average molecular weight is 301 g/mol. The van der Waals surface area contributed by atoms with Crippen molar-refractivity contribution in [2.75, 3.05) is 7.11 Å². The smallest absolute Gasteiger partial charge is 0.491 e. The van der Waals surface area contributed by atoms with Crippen LogP contribution in [0.3, 0.4) is 0 Å². The van der Waals surface area contributed by atoms with Gasteiger partial charge in [-0.15, -0.1) is 13.2 Å². The summed E-state index contributed by atoms with van der Waals surface area (Å²) in [7, 11) is 0.864. The van der Waals surface area contributed by atoms with Gasteiger partial charge in [0.25, 0.3) is 6.43 Å². The topological polar surface area (TPSA) is 68.7 Å². The number of carbonyl (C=O) groups is 1. The van der Waals surface area contributed by atoms with E-state index >= 15 is 0 Å². The molecule has 112 valence electrons. The number of hydrogen-bond acceptors (Lipinski definition) is 4. The third-order valence-corrected chi connectivity index (χ3v) is 1.99. The molecule has 0 bridgehead atoms. The lowest BCUT2D eigenvalue weighted by atomic mass is 10.2. The van der Waals surface area contributed by atoms with Crippen LogP contribution < -0.4 is 9.47 Å². The van der Waals surface area contributed by atoms with Crippen molar-refractivity contribution in [3.8, 4) is 11.5 Å². The second-order valence-electron chi connectivity index (χ2n) is 3.45. The number of rotatable bonds is 5. The normalized spacial score (nSPS) is 11.6. The summed E-state index contributed by atoms with van der Waals surface area (Å²) in [6.45, 7) is 0. The van der Waals surface area contributed by atoms with Crippen molar-refractivity contribution in [2.24, 2.45) is 0 Å². The lowest BCUT2D eigenvalue weighted by Crippen LogP contribution is -2.19. The maximum absolute atomic E-state index is 12.7. The first-order valence-corrected chi connectivity index (χ1v) is 4.97. The molecular weight excluding hydrogens is 293 g/mol. The predicted octanol–water partition coefficient (Wildman–Crippen LogP) is 2.55. The number of nitrogens with zero attached hydrogens (tertiary/aromatic N) is 1. The van der Waals surface area contributed by atoms with E-state index in [-0.39, 0.29) is 0 Å². The third-order valence-electron chi connectivity index (χ3n) is 1.99. The Morgan fingerprint density at radius 2 is 2.05 bits per heavy atom. The molecule has 0 unspecified atom stereocenters. The second-order valence-corrected chi connectivity index (χ2v) is 3.45. The van der Waals surface area contributed by atoms with Crippen LogP contribution in [0.25, 0.3) is 0 Å². The van der Waals surface area contributed by atoms with Crippen molar-refractivity contribution >= 4 is 5.97 Å². The SMILES string of the molecule is COc1c(OC(F)(F)F)cc(CC(=O)O)nc1C(F)F. The van der Waals surface area contributed by atoms with Crippen LogP contribution in [-0.4, -0.2) is 29.5 Å². The Balaban J connectivity index is 3.36. The second kappa shape index (κ2) is 5.88. The van der Waals surface area contributed by atoms with Gasteiger partial charge in [-0.05, 0) is 0 Å². The lowest BCUT2D eigenvalue weighted by Gasteiger charge is -2.16. The van der Waals surface area contributed by atoms with E-state index in [1.807, 2.05) is 0 Å². The Kier molecular flexibility index (Phi) is 4.69. The number of hydrogen-bond donors (Lipinski definition) is 1. The Morgan fingerprint density at radius 3 is 2.45 bits per heavy atom. The van der Waals surface area contributed by atoms with Crippen LogP contribution in [0.2, 0.25) is 0 Å². The van der Waals surface area contributed by atoms with Gasteiger partial charge >= 0.3 is 12.3 Å². The fraction of sp³-hybridized carbons (Fsp3) is 0.400.